The average Bonchev–Trinajstić information content (AvgIpc) is 0.920. The highest BCUT2D eigenvalue weighted by Gasteiger charge is 2.27. The highest BCUT2D eigenvalue weighted by molar-refractivity contribution is 7.47. The Bertz CT molecular complexity index is 2230. The van der Waals surface area contributed by atoms with Gasteiger partial charge in [0.25, 0.3) is 0 Å². The van der Waals surface area contributed by atoms with Gasteiger partial charge in [-0.05, 0) is 96.3 Å². The maximum absolute atomic E-state index is 12.9. The van der Waals surface area contributed by atoms with E-state index in [0.717, 1.165) is 116 Å². The van der Waals surface area contributed by atoms with E-state index in [1.54, 1.807) is 0 Å². The molecule has 0 aromatic rings. The highest BCUT2D eigenvalue weighted by Crippen LogP contribution is 2.43. The van der Waals surface area contributed by atoms with Gasteiger partial charge in [0, 0.05) is 12.8 Å². The Balaban J connectivity index is 3.98. The minimum Gasteiger partial charge on any atom is -0.462 e. The van der Waals surface area contributed by atoms with Crippen molar-refractivity contribution in [2.45, 2.75) is 405 Å². The molecule has 0 spiro atoms. The Hall–Kier alpha value is -3.85. The predicted molar refractivity (Wildman–Crippen MR) is 454 cm³/mol. The van der Waals surface area contributed by atoms with E-state index in [1.165, 1.54) is 250 Å². The van der Waals surface area contributed by atoms with Crippen LogP contribution < -0.4 is 0 Å². The third kappa shape index (κ3) is 87.1. The molecule has 0 saturated heterocycles. The first kappa shape index (κ1) is 100. The minimum atomic E-state index is -4.41. The van der Waals surface area contributed by atoms with Gasteiger partial charge in [-0.3, -0.25) is 18.6 Å². The lowest BCUT2D eigenvalue weighted by Crippen LogP contribution is -2.37. The quantitative estimate of drug-likeness (QED) is 0.0211. The summed E-state index contributed by atoms with van der Waals surface area (Å²) in [6, 6.07) is 0. The number of esters is 2. The Morgan fingerprint density at radius 2 is 0.548 bits per heavy atom. The summed E-state index contributed by atoms with van der Waals surface area (Å²) in [7, 11) is 1.47. The Morgan fingerprint density at radius 3 is 0.817 bits per heavy atom. The fourth-order valence-electron chi connectivity index (χ4n) is 12.6. The molecule has 0 aromatic carbocycles. The molecular formula is C94H167NO8P+. The van der Waals surface area contributed by atoms with Crippen molar-refractivity contribution in [1.29, 1.82) is 0 Å². The van der Waals surface area contributed by atoms with Gasteiger partial charge in [0.05, 0.1) is 27.7 Å². The van der Waals surface area contributed by atoms with Crippen molar-refractivity contribution in [3.63, 3.8) is 0 Å². The normalized spacial score (nSPS) is 13.6. The number of unbranched alkanes of at least 4 members (excludes halogenated alkanes) is 45. The maximum Gasteiger partial charge on any atom is 0.472 e. The van der Waals surface area contributed by atoms with Crippen LogP contribution in [0.2, 0.25) is 0 Å². The molecule has 0 aromatic heterocycles. The van der Waals surface area contributed by atoms with Gasteiger partial charge in [0.15, 0.2) is 6.10 Å². The second kappa shape index (κ2) is 83.2. The van der Waals surface area contributed by atoms with Crippen molar-refractivity contribution in [1.82, 2.24) is 0 Å². The third-order valence-corrected chi connectivity index (χ3v) is 20.2. The first-order valence-electron chi connectivity index (χ1n) is 43.9. The zero-order valence-corrected chi connectivity index (χ0v) is 69.6. The summed E-state index contributed by atoms with van der Waals surface area (Å²) in [6.07, 6.45) is 122. The van der Waals surface area contributed by atoms with Gasteiger partial charge in [-0.25, -0.2) is 4.57 Å². The molecule has 0 rings (SSSR count). The maximum atomic E-state index is 12.9. The highest BCUT2D eigenvalue weighted by atomic mass is 31.2. The smallest absolute Gasteiger partial charge is 0.462 e. The topological polar surface area (TPSA) is 108 Å². The fourth-order valence-corrected chi connectivity index (χ4v) is 13.3. The molecule has 9 nitrogen and oxygen atoms in total. The Kier molecular flexibility index (Phi) is 80.1. The van der Waals surface area contributed by atoms with Crippen LogP contribution in [0.1, 0.15) is 399 Å². The number of phosphoric acid groups is 1. The standard InChI is InChI=1S/C94H166NO8P/c1-6-8-10-12-14-16-18-20-22-24-26-28-30-32-34-36-38-40-42-44-46-47-49-51-53-55-57-59-61-63-65-67-69-71-73-75-77-79-81-83-85-87-94(97)103-92(91-102-104(98,99)101-89-88-95(3,4)5)90-100-93(96)86-84-82-80-78-76-74-72-70-68-66-64-62-60-58-56-54-52-50-48-45-43-41-39-37-35-33-31-29-27-25-23-21-19-17-15-13-11-9-7-2/h8,10,14,16,20,22,26,28,32,34,38,40,44,46,49,51,55,57,61,63,67,69,92H,6-7,9,11-13,15,17-19,21,23-25,27,29-31,33,35-37,39,41-43,45,47-48,50,52-54,56,58-60,62,64-66,68,70-91H2,1-5H3/p+1/b10-8-,16-14-,22-20-,28-26-,34-32-,40-38-,46-44-,51-49-,57-55-,63-61-,69-67-. The lowest BCUT2D eigenvalue weighted by molar-refractivity contribution is -0.870. The van der Waals surface area contributed by atoms with Crippen LogP contribution in [0, 0.1) is 0 Å². The molecule has 2 unspecified atom stereocenters. The van der Waals surface area contributed by atoms with Gasteiger partial charge in [0.2, 0.25) is 0 Å². The molecular weight excluding hydrogens is 1300 g/mol. The summed E-state index contributed by atoms with van der Waals surface area (Å²) < 4.78 is 34.9. The van der Waals surface area contributed by atoms with Crippen LogP contribution >= 0.6 is 7.82 Å². The van der Waals surface area contributed by atoms with Crippen LogP contribution in [0.15, 0.2) is 134 Å². The summed E-state index contributed by atoms with van der Waals surface area (Å²) in [6.45, 7) is 4.35. The number of rotatable bonds is 81. The van der Waals surface area contributed by atoms with Crippen molar-refractivity contribution in [2.75, 3.05) is 47.5 Å². The molecule has 0 saturated carbocycles. The lowest BCUT2D eigenvalue weighted by atomic mass is 10.0. The summed E-state index contributed by atoms with van der Waals surface area (Å²) in [5.74, 6) is -0.801. The average molecular weight is 1470 g/mol. The molecule has 104 heavy (non-hydrogen) atoms. The molecule has 10 heteroatoms. The van der Waals surface area contributed by atoms with Crippen LogP contribution in [0.3, 0.4) is 0 Å². The monoisotopic (exact) mass is 1470 g/mol. The van der Waals surface area contributed by atoms with Gasteiger partial charge in [-0.15, -0.1) is 0 Å². The largest absolute Gasteiger partial charge is 0.472 e. The van der Waals surface area contributed by atoms with Gasteiger partial charge < -0.3 is 18.9 Å². The molecule has 0 radical (unpaired) electrons. The van der Waals surface area contributed by atoms with Crippen molar-refractivity contribution in [3.8, 4) is 0 Å². The van der Waals surface area contributed by atoms with E-state index in [-0.39, 0.29) is 32.0 Å². The number of quaternary nitrogens is 1. The van der Waals surface area contributed by atoms with Gasteiger partial charge in [0.1, 0.15) is 19.8 Å². The third-order valence-electron chi connectivity index (χ3n) is 19.2. The molecule has 0 bridgehead atoms. The number of carbonyl (C=O) groups is 2. The van der Waals surface area contributed by atoms with E-state index in [0.29, 0.717) is 17.4 Å². The van der Waals surface area contributed by atoms with Crippen LogP contribution in [-0.4, -0.2) is 74.9 Å². The minimum absolute atomic E-state index is 0.0251. The molecule has 600 valence electrons. The number of carbonyl (C=O) groups excluding carboxylic acids is 2. The van der Waals surface area contributed by atoms with Crippen molar-refractivity contribution in [3.05, 3.63) is 134 Å². The summed E-state index contributed by atoms with van der Waals surface area (Å²) >= 11 is 0. The molecule has 0 aliphatic heterocycles. The molecule has 2 atom stereocenters. The molecule has 0 aliphatic carbocycles. The summed E-state index contributed by atoms with van der Waals surface area (Å²) in [5, 5.41) is 0. The van der Waals surface area contributed by atoms with Crippen molar-refractivity contribution < 1.29 is 42.1 Å². The molecule has 0 heterocycles. The zero-order chi connectivity index (χ0) is 75.4. The predicted octanol–water partition coefficient (Wildman–Crippen LogP) is 29.8. The number of likely N-dealkylation sites (N-methyl/N-ethyl adjacent to an activating group) is 1. The van der Waals surface area contributed by atoms with Gasteiger partial charge in [-0.2, -0.15) is 0 Å². The van der Waals surface area contributed by atoms with Crippen LogP contribution in [0.5, 0.6) is 0 Å². The number of hydrogen-bond acceptors (Lipinski definition) is 7. The van der Waals surface area contributed by atoms with E-state index in [2.05, 4.69) is 148 Å². The number of ether oxygens (including phenoxy) is 2. The number of allylic oxidation sites excluding steroid dienone is 22. The van der Waals surface area contributed by atoms with Crippen molar-refractivity contribution in [2.24, 2.45) is 0 Å². The summed E-state index contributed by atoms with van der Waals surface area (Å²) in [4.78, 5) is 36.0. The van der Waals surface area contributed by atoms with Gasteiger partial charge in [-0.1, -0.05) is 424 Å². The van der Waals surface area contributed by atoms with Gasteiger partial charge >= 0.3 is 19.8 Å². The number of hydrogen-bond donors (Lipinski definition) is 1. The Labute approximate surface area is 644 Å². The molecule has 1 N–H and O–H groups in total. The summed E-state index contributed by atoms with van der Waals surface area (Å²) in [5.41, 5.74) is 0. The SMILES string of the molecule is CC/C=C\C/C=C\C/C=C\C/C=C\C/C=C\C/C=C\C/C=C\C/C=C\C/C=C\C/C=C\C/C=C\CCCCCCCCCC(=O)OC(COC(=O)CCCCCCCCCCCCCCCCCCCCCCCCCCCCCCCCCCCCCCCCC)COP(=O)(O)OCC[N+](C)(C)C. The van der Waals surface area contributed by atoms with E-state index < -0.39 is 26.5 Å². The second-order valence-corrected chi connectivity index (χ2v) is 32.0. The lowest BCUT2D eigenvalue weighted by Gasteiger charge is -2.24. The molecule has 0 amide bonds. The van der Waals surface area contributed by atoms with E-state index in [4.69, 9.17) is 18.5 Å². The second-order valence-electron chi connectivity index (χ2n) is 30.6. The Morgan fingerprint density at radius 1 is 0.308 bits per heavy atom. The van der Waals surface area contributed by atoms with E-state index >= 15 is 0 Å². The zero-order valence-electron chi connectivity index (χ0n) is 68.7. The fraction of sp³-hybridized carbons (Fsp3) is 0.745. The van der Waals surface area contributed by atoms with Crippen LogP contribution in [0.4, 0.5) is 0 Å². The number of nitrogens with zero attached hydrogens (tertiary/aromatic N) is 1. The van der Waals surface area contributed by atoms with E-state index in [1.807, 2.05) is 21.1 Å². The molecule has 0 fully saturated rings. The first-order valence-corrected chi connectivity index (χ1v) is 45.4. The van der Waals surface area contributed by atoms with Crippen molar-refractivity contribution >= 4 is 19.8 Å². The first-order chi connectivity index (χ1) is 51.0. The number of phosphoric ester groups is 1. The van der Waals surface area contributed by atoms with Crippen LogP contribution in [0.25, 0.3) is 0 Å². The van der Waals surface area contributed by atoms with E-state index in [9.17, 15) is 19.0 Å². The van der Waals surface area contributed by atoms with Crippen LogP contribution in [-0.2, 0) is 32.7 Å². The molecule has 0 aliphatic rings.